The fourth-order valence-corrected chi connectivity index (χ4v) is 4.73. The van der Waals surface area contributed by atoms with E-state index in [9.17, 15) is 9.90 Å². The van der Waals surface area contributed by atoms with Crippen molar-refractivity contribution >= 4 is 22.9 Å². The van der Waals surface area contributed by atoms with Gasteiger partial charge in [-0.25, -0.2) is 4.98 Å². The van der Waals surface area contributed by atoms with Crippen molar-refractivity contribution < 1.29 is 9.90 Å². The highest BCUT2D eigenvalue weighted by Gasteiger charge is 2.21. The molecule has 2 N–H and O–H groups in total. The summed E-state index contributed by atoms with van der Waals surface area (Å²) in [6, 6.07) is 15.4. The second-order valence-electron chi connectivity index (χ2n) is 7.91. The number of aromatic hydroxyl groups is 1. The van der Waals surface area contributed by atoms with Crippen LogP contribution in [0.1, 0.15) is 40.6 Å². The Hall–Kier alpha value is -2.70. The topological polar surface area (TPSA) is 65.5 Å². The number of hydrogen-bond acceptors (Lipinski definition) is 5. The largest absolute Gasteiger partial charge is 0.508 e. The molecule has 0 aliphatic carbocycles. The number of carbonyl (C=O) groups excluding carboxylic acids is 1. The van der Waals surface area contributed by atoms with Gasteiger partial charge >= 0.3 is 0 Å². The highest BCUT2D eigenvalue weighted by Crippen LogP contribution is 2.29. The van der Waals surface area contributed by atoms with Gasteiger partial charge in [0.05, 0.1) is 12.1 Å². The van der Waals surface area contributed by atoms with E-state index in [-0.39, 0.29) is 5.91 Å². The van der Waals surface area contributed by atoms with Crippen LogP contribution in [0.5, 0.6) is 5.75 Å². The van der Waals surface area contributed by atoms with Gasteiger partial charge in [0.25, 0.3) is 0 Å². The van der Waals surface area contributed by atoms with Gasteiger partial charge < -0.3 is 10.4 Å². The summed E-state index contributed by atoms with van der Waals surface area (Å²) in [6.45, 7) is 4.89. The van der Waals surface area contributed by atoms with Crippen LogP contribution in [0.2, 0.25) is 0 Å². The Kier molecular flexibility index (Phi) is 6.45. The molecular formula is C24H27N3O2S. The molecule has 3 aromatic rings. The summed E-state index contributed by atoms with van der Waals surface area (Å²) in [6.07, 6.45) is 2.53. The van der Waals surface area contributed by atoms with Crippen LogP contribution in [0.4, 0.5) is 5.69 Å². The molecule has 0 radical (unpaired) electrons. The molecule has 0 unspecified atom stereocenters. The zero-order valence-electron chi connectivity index (χ0n) is 17.2. The van der Waals surface area contributed by atoms with Gasteiger partial charge in [-0.1, -0.05) is 30.3 Å². The predicted octanol–water partition coefficient (Wildman–Crippen LogP) is 4.72. The number of aromatic nitrogens is 1. The molecule has 156 valence electrons. The number of anilines is 1. The highest BCUT2D eigenvalue weighted by molar-refractivity contribution is 7.09. The maximum Gasteiger partial charge on any atom is 0.231 e. The number of thiazole rings is 1. The van der Waals surface area contributed by atoms with E-state index in [0.29, 0.717) is 18.1 Å². The average molecular weight is 422 g/mol. The van der Waals surface area contributed by atoms with Crippen LogP contribution < -0.4 is 5.32 Å². The van der Waals surface area contributed by atoms with Crippen molar-refractivity contribution in [2.24, 2.45) is 0 Å². The van der Waals surface area contributed by atoms with Crippen molar-refractivity contribution in [1.29, 1.82) is 0 Å². The van der Waals surface area contributed by atoms with Crippen LogP contribution >= 0.6 is 11.3 Å². The molecule has 6 heteroatoms. The minimum absolute atomic E-state index is 0.0279. The summed E-state index contributed by atoms with van der Waals surface area (Å²) in [5.41, 5.74) is 4.27. The van der Waals surface area contributed by atoms with E-state index in [2.05, 4.69) is 20.6 Å². The second kappa shape index (κ2) is 9.41. The standard InChI is InChI=1S/C24H27N3O2S/c1-17-4-2-3-5-22(17)26-23(29)14-24-25-20(16-30-24)15-27-12-10-19(11-13-27)18-6-8-21(28)9-7-18/h2-9,16,19,28H,10-15H2,1H3,(H,26,29). The molecule has 0 saturated carbocycles. The Morgan fingerprint density at radius 2 is 1.90 bits per heavy atom. The number of phenolic OH excluding ortho intramolecular Hbond substituents is 1. The number of phenols is 1. The molecule has 30 heavy (non-hydrogen) atoms. The number of likely N-dealkylation sites (tertiary alicyclic amines) is 1. The van der Waals surface area contributed by atoms with Gasteiger partial charge in [0.15, 0.2) is 0 Å². The molecule has 2 heterocycles. The van der Waals surface area contributed by atoms with Crippen molar-refractivity contribution in [3.8, 4) is 5.75 Å². The molecule has 0 bridgehead atoms. The van der Waals surface area contributed by atoms with Crippen molar-refractivity contribution in [3.05, 3.63) is 75.7 Å². The van der Waals surface area contributed by atoms with Crippen molar-refractivity contribution in [2.45, 2.75) is 38.6 Å². The number of piperidine rings is 1. The molecule has 0 atom stereocenters. The van der Waals surface area contributed by atoms with Gasteiger partial charge in [-0.3, -0.25) is 9.69 Å². The summed E-state index contributed by atoms with van der Waals surface area (Å²) < 4.78 is 0. The van der Waals surface area contributed by atoms with E-state index >= 15 is 0 Å². The number of benzene rings is 2. The van der Waals surface area contributed by atoms with Crippen molar-refractivity contribution in [3.63, 3.8) is 0 Å². The number of para-hydroxylation sites is 1. The van der Waals surface area contributed by atoms with Crippen LogP contribution in [-0.4, -0.2) is 34.0 Å². The van der Waals surface area contributed by atoms with E-state index < -0.39 is 0 Å². The van der Waals surface area contributed by atoms with Crippen LogP contribution in [-0.2, 0) is 17.8 Å². The van der Waals surface area contributed by atoms with Gasteiger partial charge in [-0.05, 0) is 68.1 Å². The van der Waals surface area contributed by atoms with Gasteiger partial charge in [-0.2, -0.15) is 0 Å². The van der Waals surface area contributed by atoms with Crippen LogP contribution in [0, 0.1) is 6.92 Å². The molecule has 1 amide bonds. The van der Waals surface area contributed by atoms with E-state index in [4.69, 9.17) is 0 Å². The maximum absolute atomic E-state index is 12.4. The number of nitrogens with one attached hydrogen (secondary N) is 1. The van der Waals surface area contributed by atoms with E-state index in [0.717, 1.165) is 54.4 Å². The lowest BCUT2D eigenvalue weighted by molar-refractivity contribution is -0.115. The number of hydrogen-bond donors (Lipinski definition) is 2. The second-order valence-corrected chi connectivity index (χ2v) is 8.86. The fourth-order valence-electron chi connectivity index (χ4n) is 3.95. The average Bonchev–Trinajstić information content (AvgIpc) is 3.17. The first-order chi connectivity index (χ1) is 14.6. The third-order valence-corrected chi connectivity index (χ3v) is 6.57. The Morgan fingerprint density at radius 1 is 1.17 bits per heavy atom. The minimum Gasteiger partial charge on any atom is -0.508 e. The molecule has 2 aromatic carbocycles. The highest BCUT2D eigenvalue weighted by atomic mass is 32.1. The third kappa shape index (κ3) is 5.26. The van der Waals surface area contributed by atoms with Crippen molar-refractivity contribution in [1.82, 2.24) is 9.88 Å². The predicted molar refractivity (Wildman–Crippen MR) is 121 cm³/mol. The summed E-state index contributed by atoms with van der Waals surface area (Å²) in [5, 5.41) is 15.4. The summed E-state index contributed by atoms with van der Waals surface area (Å²) in [4.78, 5) is 19.5. The monoisotopic (exact) mass is 421 g/mol. The summed E-state index contributed by atoms with van der Waals surface area (Å²) in [5.74, 6) is 0.848. The first-order valence-corrected chi connectivity index (χ1v) is 11.2. The van der Waals surface area contributed by atoms with Crippen LogP contribution in [0.15, 0.2) is 53.9 Å². The molecule has 1 aliphatic heterocycles. The summed E-state index contributed by atoms with van der Waals surface area (Å²) in [7, 11) is 0. The van der Waals surface area contributed by atoms with Gasteiger partial charge in [0.2, 0.25) is 5.91 Å². The Bertz CT molecular complexity index is 992. The molecule has 1 aromatic heterocycles. The van der Waals surface area contributed by atoms with Gasteiger partial charge in [0.1, 0.15) is 10.8 Å². The number of amides is 1. The number of rotatable bonds is 6. The zero-order valence-corrected chi connectivity index (χ0v) is 18.0. The normalized spacial score (nSPS) is 15.2. The van der Waals surface area contributed by atoms with E-state index in [1.54, 1.807) is 23.5 Å². The molecule has 5 nitrogen and oxygen atoms in total. The Morgan fingerprint density at radius 3 is 2.63 bits per heavy atom. The lowest BCUT2D eigenvalue weighted by Crippen LogP contribution is -2.32. The zero-order chi connectivity index (χ0) is 20.9. The fraction of sp³-hybridized carbons (Fsp3) is 0.333. The van der Waals surface area contributed by atoms with E-state index in [1.165, 1.54) is 5.56 Å². The van der Waals surface area contributed by atoms with Gasteiger partial charge in [-0.15, -0.1) is 11.3 Å². The van der Waals surface area contributed by atoms with Crippen LogP contribution in [0.3, 0.4) is 0 Å². The third-order valence-electron chi connectivity index (χ3n) is 5.67. The molecule has 1 fully saturated rings. The first-order valence-electron chi connectivity index (χ1n) is 10.4. The Labute approximate surface area is 181 Å². The SMILES string of the molecule is Cc1ccccc1NC(=O)Cc1nc(CN2CCC(c3ccc(O)cc3)CC2)cs1. The summed E-state index contributed by atoms with van der Waals surface area (Å²) >= 11 is 1.56. The lowest BCUT2D eigenvalue weighted by atomic mass is 9.89. The number of carbonyl (C=O) groups is 1. The van der Waals surface area contributed by atoms with Crippen LogP contribution in [0.25, 0.3) is 0 Å². The van der Waals surface area contributed by atoms with Gasteiger partial charge in [0, 0.05) is 17.6 Å². The maximum atomic E-state index is 12.4. The molecular weight excluding hydrogens is 394 g/mol. The lowest BCUT2D eigenvalue weighted by Gasteiger charge is -2.31. The molecule has 1 aliphatic rings. The first kappa shape index (κ1) is 20.6. The number of aryl methyl sites for hydroxylation is 1. The smallest absolute Gasteiger partial charge is 0.231 e. The quantitative estimate of drug-likeness (QED) is 0.605. The molecule has 0 spiro atoms. The number of nitrogens with zero attached hydrogens (tertiary/aromatic N) is 2. The minimum atomic E-state index is -0.0279. The molecule has 4 rings (SSSR count). The Balaban J connectivity index is 1.26. The van der Waals surface area contributed by atoms with E-state index in [1.807, 2.05) is 43.3 Å². The van der Waals surface area contributed by atoms with Crippen molar-refractivity contribution in [2.75, 3.05) is 18.4 Å². The molecule has 1 saturated heterocycles.